The first-order valence-electron chi connectivity index (χ1n) is 7.75. The number of benzene rings is 1. The van der Waals surface area contributed by atoms with E-state index in [1.54, 1.807) is 0 Å². The lowest BCUT2D eigenvalue weighted by atomic mass is 10.1. The third-order valence-corrected chi connectivity index (χ3v) is 4.46. The molecule has 2 rings (SSSR count). The zero-order valence-electron chi connectivity index (χ0n) is 13.9. The molecule has 0 aliphatic carbocycles. The van der Waals surface area contributed by atoms with Crippen LogP contribution in [0.2, 0.25) is 5.02 Å². The summed E-state index contributed by atoms with van der Waals surface area (Å²) in [5.74, 6) is 0. The van der Waals surface area contributed by atoms with Gasteiger partial charge in [-0.3, -0.25) is 0 Å². The molecule has 0 spiro atoms. The lowest BCUT2D eigenvalue weighted by Gasteiger charge is -2.40. The molecule has 1 aliphatic rings. The standard InChI is InChI=1S/C17H28ClN3/c1-13-12-21(10-9-20(13)5)16-14(7-6-8-15(16)18)11-19-17(2,3)4/h6-8,13,19H,9-12H2,1-5H3. The molecule has 1 fully saturated rings. The minimum atomic E-state index is 0.106. The summed E-state index contributed by atoms with van der Waals surface area (Å²) in [7, 11) is 2.19. The number of piperazine rings is 1. The number of nitrogens with zero attached hydrogens (tertiary/aromatic N) is 2. The van der Waals surface area contributed by atoms with E-state index in [9.17, 15) is 0 Å². The average Bonchev–Trinajstić information content (AvgIpc) is 2.39. The number of likely N-dealkylation sites (N-methyl/N-ethyl adjacent to an activating group) is 1. The maximum Gasteiger partial charge on any atom is 0.0642 e. The van der Waals surface area contributed by atoms with Crippen molar-refractivity contribution in [2.24, 2.45) is 0 Å². The second-order valence-electron chi connectivity index (χ2n) is 7.13. The van der Waals surface area contributed by atoms with Crippen molar-refractivity contribution >= 4 is 17.3 Å². The molecule has 1 heterocycles. The highest BCUT2D eigenvalue weighted by Gasteiger charge is 2.24. The van der Waals surface area contributed by atoms with Crippen molar-refractivity contribution in [1.82, 2.24) is 10.2 Å². The maximum atomic E-state index is 6.51. The number of hydrogen-bond donors (Lipinski definition) is 1. The highest BCUT2D eigenvalue weighted by atomic mass is 35.5. The second-order valence-corrected chi connectivity index (χ2v) is 7.53. The van der Waals surface area contributed by atoms with Crippen LogP contribution in [0.15, 0.2) is 18.2 Å². The molecule has 1 N–H and O–H groups in total. The first-order chi connectivity index (χ1) is 9.78. The van der Waals surface area contributed by atoms with Crippen molar-refractivity contribution in [1.29, 1.82) is 0 Å². The summed E-state index contributed by atoms with van der Waals surface area (Å²) in [6.07, 6.45) is 0. The third kappa shape index (κ3) is 4.35. The van der Waals surface area contributed by atoms with Crippen molar-refractivity contribution < 1.29 is 0 Å². The number of anilines is 1. The molecule has 0 saturated carbocycles. The van der Waals surface area contributed by atoms with Crippen LogP contribution >= 0.6 is 11.6 Å². The molecule has 1 aromatic rings. The summed E-state index contributed by atoms with van der Waals surface area (Å²) in [6.45, 7) is 12.8. The average molecular weight is 310 g/mol. The quantitative estimate of drug-likeness (QED) is 0.923. The van der Waals surface area contributed by atoms with Crippen molar-refractivity contribution in [2.45, 2.75) is 45.8 Å². The number of halogens is 1. The van der Waals surface area contributed by atoms with Gasteiger partial charge in [0.2, 0.25) is 0 Å². The van der Waals surface area contributed by atoms with E-state index >= 15 is 0 Å². The molecule has 1 unspecified atom stereocenters. The topological polar surface area (TPSA) is 18.5 Å². The fraction of sp³-hybridized carbons (Fsp3) is 0.647. The molecule has 0 amide bonds. The van der Waals surface area contributed by atoms with Crippen LogP contribution in [0.3, 0.4) is 0 Å². The van der Waals surface area contributed by atoms with E-state index in [1.165, 1.54) is 11.3 Å². The van der Waals surface area contributed by atoms with Gasteiger partial charge in [0, 0.05) is 37.8 Å². The Labute approximate surface area is 134 Å². The molecule has 0 radical (unpaired) electrons. The van der Waals surface area contributed by atoms with Crippen molar-refractivity contribution in [3.63, 3.8) is 0 Å². The van der Waals surface area contributed by atoms with E-state index in [2.05, 4.69) is 55.9 Å². The molecule has 0 aromatic heterocycles. The smallest absolute Gasteiger partial charge is 0.0642 e. The fourth-order valence-corrected chi connectivity index (χ4v) is 2.98. The summed E-state index contributed by atoms with van der Waals surface area (Å²) >= 11 is 6.51. The van der Waals surface area contributed by atoms with Crippen LogP contribution in [-0.2, 0) is 6.54 Å². The monoisotopic (exact) mass is 309 g/mol. The Balaban J connectivity index is 2.21. The number of rotatable bonds is 3. The van der Waals surface area contributed by atoms with E-state index in [0.29, 0.717) is 6.04 Å². The fourth-order valence-electron chi connectivity index (χ4n) is 2.67. The zero-order chi connectivity index (χ0) is 15.6. The number of para-hydroxylation sites is 1. The Morgan fingerprint density at radius 3 is 2.62 bits per heavy atom. The van der Waals surface area contributed by atoms with Gasteiger partial charge >= 0.3 is 0 Å². The normalized spacial score (nSPS) is 20.9. The molecule has 1 aliphatic heterocycles. The summed E-state index contributed by atoms with van der Waals surface area (Å²) < 4.78 is 0. The minimum Gasteiger partial charge on any atom is -0.367 e. The van der Waals surface area contributed by atoms with Crippen LogP contribution in [0.5, 0.6) is 0 Å². The van der Waals surface area contributed by atoms with Crippen molar-refractivity contribution in [3.05, 3.63) is 28.8 Å². The Kier molecular flexibility index (Phi) is 5.18. The molecular weight excluding hydrogens is 282 g/mol. The maximum absolute atomic E-state index is 6.51. The lowest BCUT2D eigenvalue weighted by molar-refractivity contribution is 0.234. The zero-order valence-corrected chi connectivity index (χ0v) is 14.7. The van der Waals surface area contributed by atoms with Gasteiger partial charge in [-0.25, -0.2) is 0 Å². The first kappa shape index (κ1) is 16.6. The highest BCUT2D eigenvalue weighted by Crippen LogP contribution is 2.31. The van der Waals surface area contributed by atoms with Crippen LogP contribution in [0.1, 0.15) is 33.3 Å². The molecule has 4 heteroatoms. The van der Waals surface area contributed by atoms with Gasteiger partial charge in [-0.1, -0.05) is 23.7 Å². The van der Waals surface area contributed by atoms with Crippen LogP contribution in [0.4, 0.5) is 5.69 Å². The van der Waals surface area contributed by atoms with Gasteiger partial charge in [-0.05, 0) is 46.4 Å². The molecule has 1 atom stereocenters. The van der Waals surface area contributed by atoms with E-state index in [0.717, 1.165) is 31.2 Å². The van der Waals surface area contributed by atoms with E-state index in [-0.39, 0.29) is 5.54 Å². The van der Waals surface area contributed by atoms with Crippen molar-refractivity contribution in [3.8, 4) is 0 Å². The van der Waals surface area contributed by atoms with Crippen LogP contribution in [0, 0.1) is 0 Å². The van der Waals surface area contributed by atoms with Gasteiger partial charge in [0.1, 0.15) is 0 Å². The van der Waals surface area contributed by atoms with Gasteiger partial charge in [0.15, 0.2) is 0 Å². The predicted octanol–water partition coefficient (Wildman–Crippen LogP) is 3.37. The molecule has 118 valence electrons. The highest BCUT2D eigenvalue weighted by molar-refractivity contribution is 6.33. The summed E-state index contributed by atoms with van der Waals surface area (Å²) in [5.41, 5.74) is 2.60. The number of hydrogen-bond acceptors (Lipinski definition) is 3. The Hall–Kier alpha value is -0.770. The SMILES string of the molecule is CC1CN(c2c(Cl)cccc2CNC(C)(C)C)CCN1C. The molecule has 1 saturated heterocycles. The minimum absolute atomic E-state index is 0.106. The molecule has 0 bridgehead atoms. The summed E-state index contributed by atoms with van der Waals surface area (Å²) in [5, 5.41) is 4.43. The molecule has 3 nitrogen and oxygen atoms in total. The van der Waals surface area contributed by atoms with Gasteiger partial charge in [-0.15, -0.1) is 0 Å². The van der Waals surface area contributed by atoms with Gasteiger partial charge in [-0.2, -0.15) is 0 Å². The van der Waals surface area contributed by atoms with Gasteiger partial charge in [0.25, 0.3) is 0 Å². The number of nitrogens with one attached hydrogen (secondary N) is 1. The van der Waals surface area contributed by atoms with Gasteiger partial charge < -0.3 is 15.1 Å². The van der Waals surface area contributed by atoms with Crippen LogP contribution < -0.4 is 10.2 Å². The Morgan fingerprint density at radius 1 is 1.29 bits per heavy atom. The molecule has 21 heavy (non-hydrogen) atoms. The largest absolute Gasteiger partial charge is 0.367 e. The van der Waals surface area contributed by atoms with Gasteiger partial charge in [0.05, 0.1) is 10.7 Å². The van der Waals surface area contributed by atoms with E-state index < -0.39 is 0 Å². The Bertz CT molecular complexity index is 481. The van der Waals surface area contributed by atoms with Crippen LogP contribution in [-0.4, -0.2) is 43.2 Å². The molecule has 1 aromatic carbocycles. The second kappa shape index (κ2) is 6.55. The predicted molar refractivity (Wildman–Crippen MR) is 92.3 cm³/mol. The Morgan fingerprint density at radius 2 is 2.00 bits per heavy atom. The summed E-state index contributed by atoms with van der Waals surface area (Å²) in [6, 6.07) is 6.78. The third-order valence-electron chi connectivity index (χ3n) is 4.16. The lowest BCUT2D eigenvalue weighted by Crippen LogP contribution is -2.50. The molecular formula is C17H28ClN3. The first-order valence-corrected chi connectivity index (χ1v) is 8.13. The van der Waals surface area contributed by atoms with E-state index in [1.807, 2.05) is 12.1 Å². The van der Waals surface area contributed by atoms with Crippen LogP contribution in [0.25, 0.3) is 0 Å². The van der Waals surface area contributed by atoms with E-state index in [4.69, 9.17) is 11.6 Å². The summed E-state index contributed by atoms with van der Waals surface area (Å²) in [4.78, 5) is 4.84. The van der Waals surface area contributed by atoms with Crippen molar-refractivity contribution in [2.75, 3.05) is 31.6 Å².